The van der Waals surface area contributed by atoms with Crippen molar-refractivity contribution < 1.29 is 14.7 Å². The lowest BCUT2D eigenvalue weighted by atomic mass is 10.1. The Hall–Kier alpha value is -1.33. The normalized spacial score (nSPS) is 20.2. The minimum Gasteiger partial charge on any atom is -0.387 e. The molecule has 1 aliphatic rings. The summed E-state index contributed by atoms with van der Waals surface area (Å²) in [5.74, 6) is 0.951. The molecule has 1 unspecified atom stereocenters. The predicted octanol–water partition coefficient (Wildman–Crippen LogP) is 1.85. The van der Waals surface area contributed by atoms with Gasteiger partial charge in [0.1, 0.15) is 0 Å². The Morgan fingerprint density at radius 2 is 2.15 bits per heavy atom. The SMILES string of the molecule is CC(=O)SCC1CC(=O)N(C[C@@H](O)c2ccccc2)C1. The second-order valence-electron chi connectivity index (χ2n) is 5.10. The zero-order valence-corrected chi connectivity index (χ0v) is 12.3. The van der Waals surface area contributed by atoms with Gasteiger partial charge in [-0.3, -0.25) is 9.59 Å². The smallest absolute Gasteiger partial charge is 0.223 e. The highest BCUT2D eigenvalue weighted by Gasteiger charge is 2.31. The molecule has 0 aliphatic carbocycles. The lowest BCUT2D eigenvalue weighted by Crippen LogP contribution is -2.30. The molecule has 5 heteroatoms. The molecular weight excluding hydrogens is 274 g/mol. The van der Waals surface area contributed by atoms with Gasteiger partial charge in [-0.05, 0) is 11.5 Å². The Morgan fingerprint density at radius 3 is 2.80 bits per heavy atom. The Kier molecular flexibility index (Phi) is 5.20. The molecule has 1 amide bonds. The van der Waals surface area contributed by atoms with Crippen LogP contribution in [0.3, 0.4) is 0 Å². The van der Waals surface area contributed by atoms with E-state index in [0.717, 1.165) is 5.56 Å². The molecule has 2 rings (SSSR count). The number of amides is 1. The minimum atomic E-state index is -0.653. The van der Waals surface area contributed by atoms with E-state index >= 15 is 0 Å². The van der Waals surface area contributed by atoms with Gasteiger partial charge in [-0.1, -0.05) is 42.1 Å². The van der Waals surface area contributed by atoms with Gasteiger partial charge in [-0.2, -0.15) is 0 Å². The van der Waals surface area contributed by atoms with Crippen LogP contribution in [-0.4, -0.2) is 39.9 Å². The monoisotopic (exact) mass is 293 g/mol. The third kappa shape index (κ3) is 4.08. The molecule has 1 aliphatic heterocycles. The van der Waals surface area contributed by atoms with Crippen LogP contribution in [-0.2, 0) is 9.59 Å². The number of hydrogen-bond acceptors (Lipinski definition) is 4. The molecule has 1 saturated heterocycles. The summed E-state index contributed by atoms with van der Waals surface area (Å²) < 4.78 is 0. The van der Waals surface area contributed by atoms with E-state index in [1.54, 1.807) is 11.8 Å². The lowest BCUT2D eigenvalue weighted by molar-refractivity contribution is -0.129. The predicted molar refractivity (Wildman–Crippen MR) is 79.2 cm³/mol. The summed E-state index contributed by atoms with van der Waals surface area (Å²) in [5, 5.41) is 10.2. The van der Waals surface area contributed by atoms with E-state index in [4.69, 9.17) is 0 Å². The number of benzene rings is 1. The number of aliphatic hydroxyl groups excluding tert-OH is 1. The van der Waals surface area contributed by atoms with Crippen molar-refractivity contribution in [2.45, 2.75) is 19.4 Å². The van der Waals surface area contributed by atoms with E-state index in [1.807, 2.05) is 30.3 Å². The van der Waals surface area contributed by atoms with Crippen LogP contribution in [0, 0.1) is 5.92 Å². The first-order valence-electron chi connectivity index (χ1n) is 6.70. The van der Waals surface area contributed by atoms with Crippen LogP contribution in [0.4, 0.5) is 0 Å². The van der Waals surface area contributed by atoms with Gasteiger partial charge >= 0.3 is 0 Å². The number of aliphatic hydroxyl groups is 1. The third-order valence-electron chi connectivity index (χ3n) is 3.39. The summed E-state index contributed by atoms with van der Waals surface area (Å²) in [6, 6.07) is 9.35. The number of thioether (sulfide) groups is 1. The van der Waals surface area contributed by atoms with Gasteiger partial charge in [0.25, 0.3) is 0 Å². The molecule has 2 atom stereocenters. The van der Waals surface area contributed by atoms with Crippen molar-refractivity contribution in [3.05, 3.63) is 35.9 Å². The molecule has 4 nitrogen and oxygen atoms in total. The van der Waals surface area contributed by atoms with Crippen molar-refractivity contribution in [3.63, 3.8) is 0 Å². The molecule has 0 aromatic heterocycles. The number of carbonyl (C=O) groups is 2. The minimum absolute atomic E-state index is 0.0640. The lowest BCUT2D eigenvalue weighted by Gasteiger charge is -2.20. The van der Waals surface area contributed by atoms with Gasteiger partial charge in [0.05, 0.1) is 12.6 Å². The van der Waals surface area contributed by atoms with Crippen LogP contribution in [0.15, 0.2) is 30.3 Å². The second kappa shape index (κ2) is 6.90. The standard InChI is InChI=1S/C15H19NO3S/c1-11(17)20-10-12-7-15(19)16(8-12)9-14(18)13-5-3-2-4-6-13/h2-6,12,14,18H,7-10H2,1H3/t12?,14-/m1/s1. The highest BCUT2D eigenvalue weighted by molar-refractivity contribution is 8.13. The van der Waals surface area contributed by atoms with Crippen molar-refractivity contribution in [3.8, 4) is 0 Å². The maximum absolute atomic E-state index is 11.9. The molecule has 1 aromatic carbocycles. The fraction of sp³-hybridized carbons (Fsp3) is 0.467. The molecule has 108 valence electrons. The average molecular weight is 293 g/mol. The van der Waals surface area contributed by atoms with E-state index in [2.05, 4.69) is 0 Å². The molecule has 0 bridgehead atoms. The van der Waals surface area contributed by atoms with Crippen LogP contribution < -0.4 is 0 Å². The Bertz CT molecular complexity index is 477. The fourth-order valence-electron chi connectivity index (χ4n) is 2.37. The van der Waals surface area contributed by atoms with Gasteiger partial charge in [0.2, 0.25) is 5.91 Å². The molecule has 1 heterocycles. The molecule has 20 heavy (non-hydrogen) atoms. The Balaban J connectivity index is 1.87. The number of nitrogens with zero attached hydrogens (tertiary/aromatic N) is 1. The zero-order chi connectivity index (χ0) is 14.5. The maximum atomic E-state index is 11.9. The van der Waals surface area contributed by atoms with Crippen molar-refractivity contribution >= 4 is 22.8 Å². The number of β-amino-alcohol motifs (C(OH)–C–C–N with tert-alkyl or cyclic N) is 1. The summed E-state index contributed by atoms with van der Waals surface area (Å²) in [6.45, 7) is 2.49. The van der Waals surface area contributed by atoms with E-state index < -0.39 is 6.10 Å². The third-order valence-corrected chi connectivity index (χ3v) is 4.44. The highest BCUT2D eigenvalue weighted by atomic mass is 32.2. The van der Waals surface area contributed by atoms with E-state index in [1.165, 1.54) is 11.8 Å². The van der Waals surface area contributed by atoms with Crippen molar-refractivity contribution in [1.29, 1.82) is 0 Å². The second-order valence-corrected chi connectivity index (χ2v) is 6.29. The van der Waals surface area contributed by atoms with Crippen molar-refractivity contribution in [2.24, 2.45) is 5.92 Å². The van der Waals surface area contributed by atoms with Gasteiger partial charge in [0.15, 0.2) is 5.12 Å². The number of hydrogen-bond donors (Lipinski definition) is 1. The Labute approximate surface area is 123 Å². The average Bonchev–Trinajstić information content (AvgIpc) is 2.78. The number of carbonyl (C=O) groups excluding carboxylic acids is 2. The summed E-state index contributed by atoms with van der Waals surface area (Å²) in [5.41, 5.74) is 0.821. The fourth-order valence-corrected chi connectivity index (χ4v) is 3.06. The van der Waals surface area contributed by atoms with Gasteiger partial charge in [-0.25, -0.2) is 0 Å². The van der Waals surface area contributed by atoms with Gasteiger partial charge in [-0.15, -0.1) is 0 Å². The van der Waals surface area contributed by atoms with Gasteiger partial charge < -0.3 is 10.0 Å². The van der Waals surface area contributed by atoms with Crippen molar-refractivity contribution in [1.82, 2.24) is 4.90 Å². The summed E-state index contributed by atoms with van der Waals surface area (Å²) in [7, 11) is 0. The van der Waals surface area contributed by atoms with E-state index in [0.29, 0.717) is 25.3 Å². The van der Waals surface area contributed by atoms with Crippen LogP contribution in [0.5, 0.6) is 0 Å². The largest absolute Gasteiger partial charge is 0.387 e. The first-order valence-corrected chi connectivity index (χ1v) is 7.69. The number of rotatable bonds is 5. The Morgan fingerprint density at radius 1 is 1.45 bits per heavy atom. The van der Waals surface area contributed by atoms with Crippen LogP contribution >= 0.6 is 11.8 Å². The first kappa shape index (κ1) is 15.1. The maximum Gasteiger partial charge on any atom is 0.223 e. The summed E-state index contributed by atoms with van der Waals surface area (Å²) >= 11 is 1.27. The van der Waals surface area contributed by atoms with E-state index in [-0.39, 0.29) is 16.9 Å². The zero-order valence-electron chi connectivity index (χ0n) is 11.5. The molecule has 0 radical (unpaired) electrons. The quantitative estimate of drug-likeness (QED) is 0.900. The molecule has 1 fully saturated rings. The molecule has 1 aromatic rings. The molecular formula is C15H19NO3S. The van der Waals surface area contributed by atoms with Gasteiger partial charge in [0, 0.05) is 25.6 Å². The van der Waals surface area contributed by atoms with Crippen LogP contribution in [0.1, 0.15) is 25.0 Å². The molecule has 0 saturated carbocycles. The van der Waals surface area contributed by atoms with Crippen LogP contribution in [0.25, 0.3) is 0 Å². The summed E-state index contributed by atoms with van der Waals surface area (Å²) in [4.78, 5) is 24.6. The molecule has 1 N–H and O–H groups in total. The highest BCUT2D eigenvalue weighted by Crippen LogP contribution is 2.24. The summed E-state index contributed by atoms with van der Waals surface area (Å²) in [6.07, 6.45) is -0.179. The first-order chi connectivity index (χ1) is 9.56. The number of likely N-dealkylation sites (tertiary alicyclic amines) is 1. The van der Waals surface area contributed by atoms with Crippen molar-refractivity contribution in [2.75, 3.05) is 18.8 Å². The molecule has 0 spiro atoms. The van der Waals surface area contributed by atoms with Crippen LogP contribution in [0.2, 0.25) is 0 Å². The topological polar surface area (TPSA) is 57.6 Å². The van der Waals surface area contributed by atoms with E-state index in [9.17, 15) is 14.7 Å².